The highest BCUT2D eigenvalue weighted by molar-refractivity contribution is 5.71. The second-order valence-corrected chi connectivity index (χ2v) is 4.81. The fourth-order valence-corrected chi connectivity index (χ4v) is 1.39. The lowest BCUT2D eigenvalue weighted by atomic mass is 10.2. The first-order chi connectivity index (χ1) is 7.98. The van der Waals surface area contributed by atoms with E-state index in [2.05, 4.69) is 15.0 Å². The molecule has 0 aliphatic heterocycles. The minimum Gasteiger partial charge on any atom is -0.481 e. The molecule has 17 heavy (non-hydrogen) atoms. The van der Waals surface area contributed by atoms with Crippen LogP contribution in [0, 0.1) is 0 Å². The Kier molecular flexibility index (Phi) is 3.02. The van der Waals surface area contributed by atoms with Gasteiger partial charge in [-0.3, -0.25) is 0 Å². The Balaban J connectivity index is 2.20. The first-order valence-corrected chi connectivity index (χ1v) is 5.51. The van der Waals surface area contributed by atoms with Gasteiger partial charge >= 0.3 is 0 Å². The minimum absolute atomic E-state index is 0.176. The van der Waals surface area contributed by atoms with E-state index in [1.807, 2.05) is 26.8 Å². The molecule has 0 atom stereocenters. The van der Waals surface area contributed by atoms with E-state index in [9.17, 15) is 0 Å². The first-order valence-electron chi connectivity index (χ1n) is 5.51. The summed E-state index contributed by atoms with van der Waals surface area (Å²) in [4.78, 5) is 11.8. The van der Waals surface area contributed by atoms with Crippen LogP contribution in [0.5, 0.6) is 5.88 Å². The van der Waals surface area contributed by atoms with Gasteiger partial charge in [-0.1, -0.05) is 0 Å². The van der Waals surface area contributed by atoms with Crippen LogP contribution >= 0.6 is 0 Å². The largest absolute Gasteiger partial charge is 0.481 e. The predicted octanol–water partition coefficient (Wildman–Crippen LogP) is 2.28. The average Bonchev–Trinajstić information content (AvgIpc) is 2.66. The normalized spacial score (nSPS) is 12.0. The number of ether oxygens (including phenoxy) is 2. The Morgan fingerprint density at radius 3 is 2.65 bits per heavy atom. The molecule has 2 aromatic heterocycles. The first kappa shape index (κ1) is 11.9. The molecule has 0 aromatic carbocycles. The van der Waals surface area contributed by atoms with E-state index in [0.29, 0.717) is 18.1 Å². The van der Waals surface area contributed by atoms with Crippen molar-refractivity contribution in [3.63, 3.8) is 0 Å². The third-order valence-electron chi connectivity index (χ3n) is 2.22. The number of imidazole rings is 1. The van der Waals surface area contributed by atoms with E-state index in [0.717, 1.165) is 11.3 Å². The molecule has 2 rings (SSSR count). The summed E-state index contributed by atoms with van der Waals surface area (Å²) in [6, 6.07) is 3.70. The monoisotopic (exact) mass is 235 g/mol. The molecule has 0 fully saturated rings. The van der Waals surface area contributed by atoms with E-state index in [4.69, 9.17) is 9.47 Å². The van der Waals surface area contributed by atoms with Crippen LogP contribution in [0.15, 0.2) is 12.1 Å². The van der Waals surface area contributed by atoms with Gasteiger partial charge in [0.15, 0.2) is 5.65 Å². The minimum atomic E-state index is -0.176. The quantitative estimate of drug-likeness (QED) is 0.886. The Morgan fingerprint density at radius 1 is 1.24 bits per heavy atom. The molecule has 92 valence electrons. The number of methoxy groups -OCH3 is 1. The maximum atomic E-state index is 5.65. The number of fused-ring (bicyclic) bond motifs is 1. The maximum Gasteiger partial charge on any atom is 0.215 e. The van der Waals surface area contributed by atoms with Gasteiger partial charge in [0.1, 0.15) is 12.4 Å². The maximum absolute atomic E-state index is 5.65. The molecule has 0 amide bonds. The van der Waals surface area contributed by atoms with E-state index < -0.39 is 0 Å². The van der Waals surface area contributed by atoms with Crippen LogP contribution < -0.4 is 4.74 Å². The van der Waals surface area contributed by atoms with Crippen molar-refractivity contribution in [1.82, 2.24) is 15.0 Å². The Labute approximate surface area is 100 Å². The molecule has 0 aliphatic carbocycles. The molecular weight excluding hydrogens is 218 g/mol. The summed E-state index contributed by atoms with van der Waals surface area (Å²) in [7, 11) is 1.59. The van der Waals surface area contributed by atoms with Crippen LogP contribution in [-0.2, 0) is 11.3 Å². The molecule has 0 saturated carbocycles. The second kappa shape index (κ2) is 4.33. The molecule has 0 radical (unpaired) electrons. The summed E-state index contributed by atoms with van der Waals surface area (Å²) in [6.07, 6.45) is 0. The van der Waals surface area contributed by atoms with Gasteiger partial charge in [-0.2, -0.15) is 4.98 Å². The zero-order valence-corrected chi connectivity index (χ0v) is 10.6. The molecule has 0 spiro atoms. The summed E-state index contributed by atoms with van der Waals surface area (Å²) >= 11 is 0. The van der Waals surface area contributed by atoms with Crippen molar-refractivity contribution in [1.29, 1.82) is 0 Å². The Bertz CT molecular complexity index is 514. The number of nitrogens with one attached hydrogen (secondary N) is 1. The van der Waals surface area contributed by atoms with Gasteiger partial charge in [0, 0.05) is 6.07 Å². The number of aromatic amines is 1. The number of hydrogen-bond acceptors (Lipinski definition) is 4. The zero-order chi connectivity index (χ0) is 12.5. The highest BCUT2D eigenvalue weighted by Gasteiger charge is 2.12. The predicted molar refractivity (Wildman–Crippen MR) is 65.0 cm³/mol. The molecule has 0 saturated heterocycles. The number of pyridine rings is 1. The van der Waals surface area contributed by atoms with E-state index >= 15 is 0 Å². The molecule has 0 unspecified atom stereocenters. The molecule has 2 heterocycles. The van der Waals surface area contributed by atoms with Crippen LogP contribution in [0.2, 0.25) is 0 Å². The van der Waals surface area contributed by atoms with Gasteiger partial charge in [0.25, 0.3) is 0 Å². The van der Waals surface area contributed by atoms with Crippen molar-refractivity contribution in [3.8, 4) is 5.88 Å². The second-order valence-electron chi connectivity index (χ2n) is 4.81. The SMILES string of the molecule is COc1ccc2[nH]c(COC(C)(C)C)nc2n1. The van der Waals surface area contributed by atoms with Crippen molar-refractivity contribution in [3.05, 3.63) is 18.0 Å². The van der Waals surface area contributed by atoms with Gasteiger partial charge in [-0.15, -0.1) is 0 Å². The van der Waals surface area contributed by atoms with Crippen molar-refractivity contribution in [2.75, 3.05) is 7.11 Å². The number of nitrogens with zero attached hydrogens (tertiary/aromatic N) is 2. The average molecular weight is 235 g/mol. The third kappa shape index (κ3) is 2.94. The third-order valence-corrected chi connectivity index (χ3v) is 2.22. The van der Waals surface area contributed by atoms with Crippen LogP contribution in [0.3, 0.4) is 0 Å². The van der Waals surface area contributed by atoms with Gasteiger partial charge in [-0.25, -0.2) is 4.98 Å². The van der Waals surface area contributed by atoms with Crippen molar-refractivity contribution >= 4 is 11.2 Å². The fourth-order valence-electron chi connectivity index (χ4n) is 1.39. The lowest BCUT2D eigenvalue weighted by molar-refractivity contribution is -0.0177. The molecular formula is C12H17N3O2. The van der Waals surface area contributed by atoms with Gasteiger partial charge < -0.3 is 14.5 Å². The van der Waals surface area contributed by atoms with Gasteiger partial charge in [-0.05, 0) is 26.8 Å². The van der Waals surface area contributed by atoms with Gasteiger partial charge in [0.2, 0.25) is 5.88 Å². The van der Waals surface area contributed by atoms with Crippen molar-refractivity contribution in [2.45, 2.75) is 33.0 Å². The van der Waals surface area contributed by atoms with E-state index in [1.165, 1.54) is 0 Å². The Morgan fingerprint density at radius 2 is 2.00 bits per heavy atom. The summed E-state index contributed by atoms with van der Waals surface area (Å²) in [5.41, 5.74) is 1.36. The summed E-state index contributed by atoms with van der Waals surface area (Å²) in [6.45, 7) is 6.48. The summed E-state index contributed by atoms with van der Waals surface area (Å²) in [5, 5.41) is 0. The molecule has 5 nitrogen and oxygen atoms in total. The van der Waals surface area contributed by atoms with E-state index in [-0.39, 0.29) is 5.60 Å². The summed E-state index contributed by atoms with van der Waals surface area (Å²) in [5.74, 6) is 1.34. The standard InChI is InChI=1S/C12H17N3O2/c1-12(2,3)17-7-9-13-8-5-6-10(16-4)15-11(8)14-9/h5-6H,7H2,1-4H3,(H,13,14,15). The van der Waals surface area contributed by atoms with Gasteiger partial charge in [0.05, 0.1) is 18.2 Å². The lowest BCUT2D eigenvalue weighted by Crippen LogP contribution is -2.19. The Hall–Kier alpha value is -1.62. The number of hydrogen-bond donors (Lipinski definition) is 1. The van der Waals surface area contributed by atoms with Crippen LogP contribution in [0.4, 0.5) is 0 Å². The smallest absolute Gasteiger partial charge is 0.215 e. The molecule has 2 aromatic rings. The lowest BCUT2D eigenvalue weighted by Gasteiger charge is -2.18. The highest BCUT2D eigenvalue weighted by atomic mass is 16.5. The van der Waals surface area contributed by atoms with Crippen molar-refractivity contribution in [2.24, 2.45) is 0 Å². The molecule has 1 N–H and O–H groups in total. The van der Waals surface area contributed by atoms with Crippen LogP contribution in [0.25, 0.3) is 11.2 Å². The number of H-pyrrole nitrogens is 1. The molecule has 5 heteroatoms. The number of aromatic nitrogens is 3. The van der Waals surface area contributed by atoms with Crippen LogP contribution in [0.1, 0.15) is 26.6 Å². The van der Waals surface area contributed by atoms with Crippen molar-refractivity contribution < 1.29 is 9.47 Å². The fraction of sp³-hybridized carbons (Fsp3) is 0.500. The number of rotatable bonds is 3. The molecule has 0 aliphatic rings. The zero-order valence-electron chi connectivity index (χ0n) is 10.6. The topological polar surface area (TPSA) is 60.0 Å². The van der Waals surface area contributed by atoms with Crippen LogP contribution in [-0.4, -0.2) is 27.7 Å². The van der Waals surface area contributed by atoms with E-state index in [1.54, 1.807) is 13.2 Å². The highest BCUT2D eigenvalue weighted by Crippen LogP contribution is 2.16. The molecule has 0 bridgehead atoms. The summed E-state index contributed by atoms with van der Waals surface area (Å²) < 4.78 is 10.7.